The summed E-state index contributed by atoms with van der Waals surface area (Å²) >= 11 is 0. The standard InChI is InChI=1S/C9H16O6.2H2O/c1-3-13-8(15-14-4-2)9(5-10,6-11)7-12;;/h3-4,8,10-12H,1-2,5-7H2;2*1H2. The van der Waals surface area contributed by atoms with Crippen molar-refractivity contribution in [3.8, 4) is 0 Å². The molecule has 1 atom stereocenters. The van der Waals surface area contributed by atoms with Gasteiger partial charge in [-0.1, -0.05) is 13.2 Å². The molecule has 0 aliphatic heterocycles. The third-order valence-corrected chi connectivity index (χ3v) is 1.88. The van der Waals surface area contributed by atoms with Gasteiger partial charge in [0.2, 0.25) is 0 Å². The highest BCUT2D eigenvalue weighted by atomic mass is 17.2. The molecule has 0 saturated carbocycles. The second kappa shape index (κ2) is 11.3. The molecule has 0 fully saturated rings. The number of rotatable bonds is 9. The van der Waals surface area contributed by atoms with Crippen LogP contribution in [0.15, 0.2) is 25.7 Å². The zero-order valence-corrected chi connectivity index (χ0v) is 9.33. The SMILES string of the molecule is C=COOC(OC=C)C(CO)(CO)CO.O.O. The van der Waals surface area contributed by atoms with Crippen molar-refractivity contribution in [1.82, 2.24) is 0 Å². The predicted molar refractivity (Wildman–Crippen MR) is 58.4 cm³/mol. The number of hydrogen-bond donors (Lipinski definition) is 3. The molecule has 7 N–H and O–H groups in total. The summed E-state index contributed by atoms with van der Waals surface area (Å²) in [7, 11) is 0. The molecule has 0 aliphatic carbocycles. The Morgan fingerprint density at radius 2 is 1.47 bits per heavy atom. The molecular weight excluding hydrogens is 236 g/mol. The van der Waals surface area contributed by atoms with Crippen LogP contribution in [-0.2, 0) is 14.5 Å². The van der Waals surface area contributed by atoms with E-state index in [4.69, 9.17) is 20.1 Å². The number of aliphatic hydroxyl groups excluding tert-OH is 3. The highest BCUT2D eigenvalue weighted by molar-refractivity contribution is 4.82. The second-order valence-corrected chi connectivity index (χ2v) is 2.83. The molecule has 0 aromatic carbocycles. The molecule has 0 radical (unpaired) electrons. The fourth-order valence-electron chi connectivity index (χ4n) is 0.820. The van der Waals surface area contributed by atoms with Crippen molar-refractivity contribution in [1.29, 1.82) is 0 Å². The lowest BCUT2D eigenvalue weighted by molar-refractivity contribution is -0.375. The Bertz CT molecular complexity index is 183. The smallest absolute Gasteiger partial charge is 0.253 e. The van der Waals surface area contributed by atoms with E-state index in [9.17, 15) is 0 Å². The first-order valence-electron chi connectivity index (χ1n) is 4.22. The van der Waals surface area contributed by atoms with Crippen LogP contribution in [0.25, 0.3) is 0 Å². The van der Waals surface area contributed by atoms with Crippen LogP contribution in [0.2, 0.25) is 0 Å². The summed E-state index contributed by atoms with van der Waals surface area (Å²) < 4.78 is 4.87. The van der Waals surface area contributed by atoms with Crippen LogP contribution in [0, 0.1) is 5.41 Å². The minimum Gasteiger partial charge on any atom is -0.468 e. The molecule has 0 heterocycles. The summed E-state index contributed by atoms with van der Waals surface area (Å²) in [6, 6.07) is 0. The zero-order valence-electron chi connectivity index (χ0n) is 9.33. The maximum Gasteiger partial charge on any atom is 0.253 e. The maximum atomic E-state index is 9.08. The van der Waals surface area contributed by atoms with Crippen LogP contribution in [0.1, 0.15) is 0 Å². The van der Waals surface area contributed by atoms with Gasteiger partial charge in [0.15, 0.2) is 0 Å². The fourth-order valence-corrected chi connectivity index (χ4v) is 0.820. The van der Waals surface area contributed by atoms with Crippen molar-refractivity contribution in [3.63, 3.8) is 0 Å². The van der Waals surface area contributed by atoms with Crippen LogP contribution in [-0.4, -0.2) is 52.4 Å². The van der Waals surface area contributed by atoms with E-state index in [1.54, 1.807) is 0 Å². The van der Waals surface area contributed by atoms with Gasteiger partial charge in [-0.2, -0.15) is 0 Å². The summed E-state index contributed by atoms with van der Waals surface area (Å²) in [5, 5.41) is 27.2. The van der Waals surface area contributed by atoms with Crippen LogP contribution >= 0.6 is 0 Å². The molecule has 17 heavy (non-hydrogen) atoms. The van der Waals surface area contributed by atoms with Crippen molar-refractivity contribution in [3.05, 3.63) is 25.7 Å². The number of aliphatic hydroxyl groups is 3. The van der Waals surface area contributed by atoms with E-state index in [1.165, 1.54) is 0 Å². The van der Waals surface area contributed by atoms with Gasteiger partial charge in [-0.3, -0.25) is 0 Å². The van der Waals surface area contributed by atoms with E-state index >= 15 is 0 Å². The molecule has 0 amide bonds. The lowest BCUT2D eigenvalue weighted by atomic mass is 9.90. The molecule has 0 spiro atoms. The zero-order chi connectivity index (χ0) is 11.7. The third kappa shape index (κ3) is 5.63. The average Bonchev–Trinajstić information content (AvgIpc) is 2.28. The van der Waals surface area contributed by atoms with Gasteiger partial charge in [0.05, 0.1) is 26.1 Å². The molecule has 0 saturated heterocycles. The predicted octanol–water partition coefficient (Wildman–Crippen LogP) is -2.12. The lowest BCUT2D eigenvalue weighted by Crippen LogP contribution is -2.47. The van der Waals surface area contributed by atoms with Gasteiger partial charge in [-0.15, -0.1) is 4.89 Å². The summed E-state index contributed by atoms with van der Waals surface area (Å²) in [5.41, 5.74) is -1.38. The minimum atomic E-state index is -1.38. The van der Waals surface area contributed by atoms with E-state index < -0.39 is 31.5 Å². The highest BCUT2D eigenvalue weighted by Gasteiger charge is 2.41. The van der Waals surface area contributed by atoms with E-state index in [-0.39, 0.29) is 11.0 Å². The Morgan fingerprint density at radius 3 is 1.76 bits per heavy atom. The monoisotopic (exact) mass is 256 g/mol. The molecule has 0 rings (SSSR count). The van der Waals surface area contributed by atoms with Crippen LogP contribution in [0.3, 0.4) is 0 Å². The van der Waals surface area contributed by atoms with Crippen molar-refractivity contribution in [2.45, 2.75) is 6.29 Å². The molecule has 0 aromatic heterocycles. The largest absolute Gasteiger partial charge is 0.468 e. The van der Waals surface area contributed by atoms with Crippen molar-refractivity contribution in [2.24, 2.45) is 5.41 Å². The molecule has 104 valence electrons. The van der Waals surface area contributed by atoms with Gasteiger partial charge in [-0.25, -0.2) is 0 Å². The van der Waals surface area contributed by atoms with Crippen LogP contribution < -0.4 is 0 Å². The first-order chi connectivity index (χ1) is 7.20. The Morgan fingerprint density at radius 1 is 1.00 bits per heavy atom. The van der Waals surface area contributed by atoms with Gasteiger partial charge in [0.1, 0.15) is 11.7 Å². The van der Waals surface area contributed by atoms with E-state index in [2.05, 4.69) is 22.9 Å². The van der Waals surface area contributed by atoms with Gasteiger partial charge >= 0.3 is 0 Å². The topological polar surface area (TPSA) is 151 Å². The summed E-state index contributed by atoms with van der Waals surface area (Å²) in [6.45, 7) is 4.90. The Hall–Kier alpha value is -1.16. The van der Waals surface area contributed by atoms with Crippen molar-refractivity contribution < 1.29 is 40.8 Å². The Kier molecular flexibility index (Phi) is 14.1. The molecular formula is C9H20O8. The molecule has 0 bridgehead atoms. The van der Waals surface area contributed by atoms with Gasteiger partial charge in [0.25, 0.3) is 6.29 Å². The average molecular weight is 256 g/mol. The minimum absolute atomic E-state index is 0. The quantitative estimate of drug-likeness (QED) is 0.185. The third-order valence-electron chi connectivity index (χ3n) is 1.88. The Balaban J connectivity index is -0.000000980. The molecule has 0 aromatic rings. The van der Waals surface area contributed by atoms with Gasteiger partial charge < -0.3 is 35.9 Å². The first kappa shape index (κ1) is 21.2. The molecule has 1 unspecified atom stereocenters. The second-order valence-electron chi connectivity index (χ2n) is 2.83. The van der Waals surface area contributed by atoms with Crippen LogP contribution in [0.5, 0.6) is 0 Å². The summed E-state index contributed by atoms with van der Waals surface area (Å²) in [4.78, 5) is 9.10. The lowest BCUT2D eigenvalue weighted by Gasteiger charge is -2.32. The number of ether oxygens (including phenoxy) is 1. The molecule has 0 aliphatic rings. The first-order valence-corrected chi connectivity index (χ1v) is 4.22. The maximum absolute atomic E-state index is 9.08. The van der Waals surface area contributed by atoms with Gasteiger partial charge in [-0.05, 0) is 0 Å². The van der Waals surface area contributed by atoms with Crippen LogP contribution in [0.4, 0.5) is 0 Å². The molecule has 8 nitrogen and oxygen atoms in total. The van der Waals surface area contributed by atoms with E-state index in [0.717, 1.165) is 12.5 Å². The fraction of sp³-hybridized carbons (Fsp3) is 0.556. The normalized spacial score (nSPS) is 11.5. The highest BCUT2D eigenvalue weighted by Crippen LogP contribution is 2.24. The summed E-state index contributed by atoms with van der Waals surface area (Å²) in [5.74, 6) is 0. The number of hydrogen-bond acceptors (Lipinski definition) is 6. The van der Waals surface area contributed by atoms with Crippen molar-refractivity contribution >= 4 is 0 Å². The van der Waals surface area contributed by atoms with Crippen molar-refractivity contribution in [2.75, 3.05) is 19.8 Å². The molecule has 8 heteroatoms. The summed E-state index contributed by atoms with van der Waals surface area (Å²) in [6.07, 6.45) is 0.858. The Labute approximate surface area is 98.9 Å². The van der Waals surface area contributed by atoms with E-state index in [0.29, 0.717) is 0 Å². The van der Waals surface area contributed by atoms with E-state index in [1.807, 2.05) is 0 Å². The van der Waals surface area contributed by atoms with Gasteiger partial charge in [0, 0.05) is 0 Å².